The summed E-state index contributed by atoms with van der Waals surface area (Å²) in [5.74, 6) is -0.730. The lowest BCUT2D eigenvalue weighted by Crippen LogP contribution is -2.43. The maximum Gasteiger partial charge on any atom is 0.238 e. The van der Waals surface area contributed by atoms with Crippen LogP contribution in [0.5, 0.6) is 0 Å². The normalized spacial score (nSPS) is 16.6. The van der Waals surface area contributed by atoms with Crippen molar-refractivity contribution < 1.29 is 13.2 Å². The first-order valence-corrected chi connectivity index (χ1v) is 9.39. The van der Waals surface area contributed by atoms with Gasteiger partial charge in [0.15, 0.2) is 9.84 Å². The summed E-state index contributed by atoms with van der Waals surface area (Å²) in [4.78, 5) is 18.3. The number of hydrogen-bond donors (Lipinski definition) is 0. The van der Waals surface area contributed by atoms with Gasteiger partial charge in [0.25, 0.3) is 0 Å². The van der Waals surface area contributed by atoms with Gasteiger partial charge in [0.1, 0.15) is 5.75 Å². The number of pyridine rings is 1. The van der Waals surface area contributed by atoms with Gasteiger partial charge in [-0.15, -0.1) is 0 Å². The Morgan fingerprint density at radius 2 is 2.00 bits per heavy atom. The van der Waals surface area contributed by atoms with Crippen LogP contribution in [0.15, 0.2) is 24.4 Å². The largest absolute Gasteiger partial charge is 0.333 e. The molecule has 0 spiro atoms. The first kappa shape index (κ1) is 15.9. The van der Waals surface area contributed by atoms with E-state index in [1.165, 1.54) is 6.42 Å². The minimum absolute atomic E-state index is 0.134. The maximum atomic E-state index is 12.4. The molecule has 1 aliphatic rings. The summed E-state index contributed by atoms with van der Waals surface area (Å²) in [7, 11) is -3.31. The average molecular weight is 310 g/mol. The lowest BCUT2D eigenvalue weighted by atomic mass is 9.94. The summed E-state index contributed by atoms with van der Waals surface area (Å²) in [5.41, 5.74) is 0.796. The highest BCUT2D eigenvalue weighted by Gasteiger charge is 2.27. The van der Waals surface area contributed by atoms with Crippen LogP contribution in [0.2, 0.25) is 0 Å². The van der Waals surface area contributed by atoms with E-state index in [9.17, 15) is 13.2 Å². The van der Waals surface area contributed by atoms with Crippen LogP contribution in [0, 0.1) is 0 Å². The smallest absolute Gasteiger partial charge is 0.238 e. The molecule has 2 rings (SSSR count). The van der Waals surface area contributed by atoms with Gasteiger partial charge in [-0.25, -0.2) is 8.42 Å². The molecule has 0 unspecified atom stereocenters. The Morgan fingerprint density at radius 1 is 1.29 bits per heavy atom. The van der Waals surface area contributed by atoms with Gasteiger partial charge in [0, 0.05) is 18.5 Å². The predicted octanol–water partition coefficient (Wildman–Crippen LogP) is 1.79. The third-order valence-corrected chi connectivity index (χ3v) is 4.55. The molecule has 1 aliphatic carbocycles. The highest BCUT2D eigenvalue weighted by molar-refractivity contribution is 7.91. The highest BCUT2D eigenvalue weighted by atomic mass is 32.2. The van der Waals surface area contributed by atoms with Crippen molar-refractivity contribution in [3.05, 3.63) is 30.1 Å². The molecule has 1 aromatic rings. The molecular formula is C15H22N2O3S. The molecule has 1 saturated carbocycles. The zero-order chi connectivity index (χ0) is 15.3. The molecule has 21 heavy (non-hydrogen) atoms. The first-order valence-electron chi connectivity index (χ1n) is 7.33. The molecule has 0 N–H and O–H groups in total. The number of amides is 1. The van der Waals surface area contributed by atoms with E-state index in [0.29, 0.717) is 6.54 Å². The monoisotopic (exact) mass is 310 g/mol. The Hall–Kier alpha value is -1.43. The van der Waals surface area contributed by atoms with E-state index in [-0.39, 0.29) is 11.9 Å². The molecule has 1 heterocycles. The van der Waals surface area contributed by atoms with Crippen molar-refractivity contribution in [3.8, 4) is 0 Å². The Labute approximate surface area is 126 Å². The van der Waals surface area contributed by atoms with Gasteiger partial charge < -0.3 is 4.90 Å². The van der Waals surface area contributed by atoms with Gasteiger partial charge in [-0.05, 0) is 25.0 Å². The molecule has 116 valence electrons. The number of carbonyl (C=O) groups is 1. The zero-order valence-electron chi connectivity index (χ0n) is 12.4. The Balaban J connectivity index is 2.15. The van der Waals surface area contributed by atoms with E-state index in [4.69, 9.17) is 0 Å². The number of aromatic nitrogens is 1. The van der Waals surface area contributed by atoms with Crippen molar-refractivity contribution >= 4 is 15.7 Å². The fourth-order valence-corrected chi connectivity index (χ4v) is 3.40. The molecule has 0 bridgehead atoms. The van der Waals surface area contributed by atoms with Crippen LogP contribution in [0.4, 0.5) is 0 Å². The molecule has 1 amide bonds. The summed E-state index contributed by atoms with van der Waals surface area (Å²) >= 11 is 0. The Morgan fingerprint density at radius 3 is 2.57 bits per heavy atom. The minimum Gasteiger partial charge on any atom is -0.333 e. The van der Waals surface area contributed by atoms with Crippen molar-refractivity contribution in [3.63, 3.8) is 0 Å². The third kappa shape index (κ3) is 5.12. The fourth-order valence-electron chi connectivity index (χ4n) is 2.79. The van der Waals surface area contributed by atoms with Crippen LogP contribution in [-0.4, -0.2) is 42.3 Å². The SMILES string of the molecule is CS(=O)(=O)CC(=O)N(Cc1ccccn1)C1CCCCC1. The van der Waals surface area contributed by atoms with E-state index in [1.54, 1.807) is 11.1 Å². The van der Waals surface area contributed by atoms with Crippen LogP contribution in [0.3, 0.4) is 0 Å². The predicted molar refractivity (Wildman–Crippen MR) is 81.4 cm³/mol. The number of nitrogens with zero attached hydrogens (tertiary/aromatic N) is 2. The number of hydrogen-bond acceptors (Lipinski definition) is 4. The van der Waals surface area contributed by atoms with Gasteiger partial charge in [-0.3, -0.25) is 9.78 Å². The quantitative estimate of drug-likeness (QED) is 0.831. The molecule has 1 fully saturated rings. The first-order chi connectivity index (χ1) is 9.96. The van der Waals surface area contributed by atoms with Gasteiger partial charge in [-0.1, -0.05) is 25.3 Å². The van der Waals surface area contributed by atoms with Crippen molar-refractivity contribution in [2.45, 2.75) is 44.7 Å². The van der Waals surface area contributed by atoms with Gasteiger partial charge in [-0.2, -0.15) is 0 Å². The second-order valence-electron chi connectivity index (χ2n) is 5.70. The lowest BCUT2D eigenvalue weighted by molar-refractivity contribution is -0.132. The maximum absolute atomic E-state index is 12.4. The van der Waals surface area contributed by atoms with Crippen LogP contribution >= 0.6 is 0 Å². The van der Waals surface area contributed by atoms with E-state index < -0.39 is 15.6 Å². The summed E-state index contributed by atoms with van der Waals surface area (Å²) in [5, 5.41) is 0. The summed E-state index contributed by atoms with van der Waals surface area (Å²) in [6.07, 6.45) is 8.06. The average Bonchev–Trinajstić information content (AvgIpc) is 2.45. The van der Waals surface area contributed by atoms with Gasteiger partial charge in [0.05, 0.1) is 12.2 Å². The Kier molecular flexibility index (Phi) is 5.33. The fraction of sp³-hybridized carbons (Fsp3) is 0.600. The second kappa shape index (κ2) is 7.02. The molecule has 0 radical (unpaired) electrons. The standard InChI is InChI=1S/C15H22N2O3S/c1-21(19,20)12-15(18)17(14-8-3-2-4-9-14)11-13-7-5-6-10-16-13/h5-7,10,14H,2-4,8-9,11-12H2,1H3. The van der Waals surface area contributed by atoms with Crippen molar-refractivity contribution in [2.24, 2.45) is 0 Å². The van der Waals surface area contributed by atoms with E-state index in [1.807, 2.05) is 18.2 Å². The van der Waals surface area contributed by atoms with Crippen molar-refractivity contribution in [1.29, 1.82) is 0 Å². The molecule has 0 aromatic carbocycles. The van der Waals surface area contributed by atoms with Gasteiger partial charge in [0.2, 0.25) is 5.91 Å². The second-order valence-corrected chi connectivity index (χ2v) is 7.84. The summed E-state index contributed by atoms with van der Waals surface area (Å²) < 4.78 is 22.8. The Bertz CT molecular complexity index is 566. The molecule has 5 nitrogen and oxygen atoms in total. The topological polar surface area (TPSA) is 67.3 Å². The molecule has 6 heteroatoms. The molecule has 1 aromatic heterocycles. The van der Waals surface area contributed by atoms with Crippen LogP contribution in [-0.2, 0) is 21.2 Å². The zero-order valence-corrected chi connectivity index (χ0v) is 13.2. The van der Waals surface area contributed by atoms with E-state index in [2.05, 4.69) is 4.98 Å². The number of rotatable bonds is 5. The van der Waals surface area contributed by atoms with Crippen LogP contribution < -0.4 is 0 Å². The highest BCUT2D eigenvalue weighted by Crippen LogP contribution is 2.24. The molecule has 0 saturated heterocycles. The molecule has 0 aliphatic heterocycles. The third-order valence-electron chi connectivity index (χ3n) is 3.78. The van der Waals surface area contributed by atoms with Crippen LogP contribution in [0.25, 0.3) is 0 Å². The van der Waals surface area contributed by atoms with Gasteiger partial charge >= 0.3 is 0 Å². The minimum atomic E-state index is -3.31. The van der Waals surface area contributed by atoms with E-state index in [0.717, 1.165) is 37.6 Å². The van der Waals surface area contributed by atoms with Crippen molar-refractivity contribution in [1.82, 2.24) is 9.88 Å². The summed E-state index contributed by atoms with van der Waals surface area (Å²) in [6.45, 7) is 0.389. The van der Waals surface area contributed by atoms with E-state index >= 15 is 0 Å². The van der Waals surface area contributed by atoms with Crippen LogP contribution in [0.1, 0.15) is 37.8 Å². The number of carbonyl (C=O) groups excluding carboxylic acids is 1. The molecular weight excluding hydrogens is 288 g/mol. The lowest BCUT2D eigenvalue weighted by Gasteiger charge is -2.34. The summed E-state index contributed by atoms with van der Waals surface area (Å²) in [6, 6.07) is 5.70. The number of sulfone groups is 1. The molecule has 0 atom stereocenters. The van der Waals surface area contributed by atoms with Crippen molar-refractivity contribution in [2.75, 3.05) is 12.0 Å².